The Bertz CT molecular complexity index is 452. The number of carbonyl (C=O) groups is 1. The minimum absolute atomic E-state index is 0.0502. The first-order valence-corrected chi connectivity index (χ1v) is 6.36. The maximum Gasteiger partial charge on any atom is 0.235 e. The molecule has 0 spiro atoms. The van der Waals surface area contributed by atoms with Crippen LogP contribution in [0.4, 0.5) is 5.69 Å². The lowest BCUT2D eigenvalue weighted by Gasteiger charge is -2.18. The minimum Gasteiger partial charge on any atom is -0.409 e. The van der Waals surface area contributed by atoms with E-state index in [-0.39, 0.29) is 17.7 Å². The molecule has 0 fully saturated rings. The molecule has 1 aromatic rings. The summed E-state index contributed by atoms with van der Waals surface area (Å²) in [5, 5.41) is 14.4. The zero-order chi connectivity index (χ0) is 14.4. The average Bonchev–Trinajstić information content (AvgIpc) is 2.39. The molecule has 1 aromatic carbocycles. The smallest absolute Gasteiger partial charge is 0.235 e. The van der Waals surface area contributed by atoms with E-state index >= 15 is 0 Å². The first-order chi connectivity index (χ1) is 8.99. The van der Waals surface area contributed by atoms with E-state index in [0.29, 0.717) is 5.69 Å². The van der Waals surface area contributed by atoms with Gasteiger partial charge in [-0.25, -0.2) is 0 Å². The number of hydrogen-bond donors (Lipinski definition) is 3. The molecule has 0 aliphatic carbocycles. The Labute approximate surface area is 113 Å². The molecule has 0 bridgehead atoms. The summed E-state index contributed by atoms with van der Waals surface area (Å²) in [5.74, 6) is -1.03. The Kier molecular flexibility index (Phi) is 5.36. The van der Waals surface area contributed by atoms with Crippen molar-refractivity contribution < 1.29 is 10.0 Å². The van der Waals surface area contributed by atoms with Crippen molar-refractivity contribution in [2.24, 2.45) is 22.7 Å². The molecule has 0 heterocycles. The Morgan fingerprint density at radius 1 is 1.37 bits per heavy atom. The molecule has 0 aliphatic heterocycles. The van der Waals surface area contributed by atoms with Crippen molar-refractivity contribution in [3.63, 3.8) is 0 Å². The van der Waals surface area contributed by atoms with E-state index in [9.17, 15) is 4.79 Å². The van der Waals surface area contributed by atoms with Crippen molar-refractivity contribution in [1.29, 1.82) is 0 Å². The third kappa shape index (κ3) is 3.98. The summed E-state index contributed by atoms with van der Waals surface area (Å²) in [4.78, 5) is 12.1. The van der Waals surface area contributed by atoms with Gasteiger partial charge in [-0.2, -0.15) is 0 Å². The van der Waals surface area contributed by atoms with Gasteiger partial charge in [-0.3, -0.25) is 4.79 Å². The second kappa shape index (κ2) is 6.78. The largest absolute Gasteiger partial charge is 0.409 e. The molecule has 19 heavy (non-hydrogen) atoms. The van der Waals surface area contributed by atoms with Crippen LogP contribution >= 0.6 is 0 Å². The first-order valence-electron chi connectivity index (χ1n) is 6.36. The molecular formula is C14H21N3O2. The number of aryl methyl sites for hydroxylation is 1. The van der Waals surface area contributed by atoms with Crippen LogP contribution < -0.4 is 11.1 Å². The average molecular weight is 263 g/mol. The van der Waals surface area contributed by atoms with Crippen molar-refractivity contribution in [1.82, 2.24) is 0 Å². The van der Waals surface area contributed by atoms with E-state index in [1.807, 2.05) is 38.1 Å². The predicted octanol–water partition coefficient (Wildman–Crippen LogP) is 2.21. The number of carbonyl (C=O) groups excluding carboxylic acids is 1. The minimum atomic E-state index is -0.643. The number of benzene rings is 1. The van der Waals surface area contributed by atoms with Crippen LogP contribution in [0.25, 0.3) is 0 Å². The molecule has 104 valence electrons. The van der Waals surface area contributed by atoms with Crippen molar-refractivity contribution in [3.05, 3.63) is 29.8 Å². The summed E-state index contributed by atoms with van der Waals surface area (Å²) >= 11 is 0. The van der Waals surface area contributed by atoms with Crippen molar-refractivity contribution >= 4 is 17.4 Å². The standard InChI is InChI=1S/C14H21N3O2/c1-4-10-5-7-11(8-6-10)16-14(18)12(9(2)3)13(15)17-19/h5-9,12,19H,4H2,1-3H3,(H2,15,17)(H,16,18). The first kappa shape index (κ1) is 15.0. The third-order valence-corrected chi connectivity index (χ3v) is 3.01. The lowest BCUT2D eigenvalue weighted by Crippen LogP contribution is -2.38. The van der Waals surface area contributed by atoms with Crippen LogP contribution in [-0.4, -0.2) is 17.0 Å². The molecule has 0 radical (unpaired) electrons. The number of nitrogens with two attached hydrogens (primary N) is 1. The summed E-state index contributed by atoms with van der Waals surface area (Å²) in [7, 11) is 0. The van der Waals surface area contributed by atoms with Gasteiger partial charge in [0.25, 0.3) is 0 Å². The van der Waals surface area contributed by atoms with E-state index in [0.717, 1.165) is 6.42 Å². The molecule has 0 saturated heterocycles. The third-order valence-electron chi connectivity index (χ3n) is 3.01. The molecule has 0 aromatic heterocycles. The van der Waals surface area contributed by atoms with Gasteiger partial charge in [0.1, 0.15) is 5.92 Å². The van der Waals surface area contributed by atoms with Gasteiger partial charge in [0.05, 0.1) is 0 Å². The maximum absolute atomic E-state index is 12.1. The van der Waals surface area contributed by atoms with Gasteiger partial charge in [-0.05, 0) is 30.0 Å². The molecule has 5 heteroatoms. The second-order valence-corrected chi connectivity index (χ2v) is 4.79. The van der Waals surface area contributed by atoms with Crippen LogP contribution in [0.3, 0.4) is 0 Å². The highest BCUT2D eigenvalue weighted by Gasteiger charge is 2.26. The number of hydrogen-bond acceptors (Lipinski definition) is 3. The summed E-state index contributed by atoms with van der Waals surface area (Å²) in [6.07, 6.45) is 0.951. The summed E-state index contributed by atoms with van der Waals surface area (Å²) in [6, 6.07) is 7.62. The lowest BCUT2D eigenvalue weighted by molar-refractivity contribution is -0.119. The van der Waals surface area contributed by atoms with E-state index in [1.165, 1.54) is 5.56 Å². The topological polar surface area (TPSA) is 87.7 Å². The van der Waals surface area contributed by atoms with Crippen LogP contribution in [0.15, 0.2) is 29.4 Å². The van der Waals surface area contributed by atoms with Gasteiger partial charge in [-0.1, -0.05) is 38.1 Å². The zero-order valence-electron chi connectivity index (χ0n) is 11.6. The van der Waals surface area contributed by atoms with Crippen molar-refractivity contribution in [2.45, 2.75) is 27.2 Å². The van der Waals surface area contributed by atoms with Crippen molar-refractivity contribution in [2.75, 3.05) is 5.32 Å². The lowest BCUT2D eigenvalue weighted by atomic mass is 9.93. The van der Waals surface area contributed by atoms with Gasteiger partial charge in [-0.15, -0.1) is 0 Å². The van der Waals surface area contributed by atoms with E-state index in [1.54, 1.807) is 0 Å². The van der Waals surface area contributed by atoms with Crippen LogP contribution in [-0.2, 0) is 11.2 Å². The number of rotatable bonds is 5. The van der Waals surface area contributed by atoms with Crippen LogP contribution in [0.5, 0.6) is 0 Å². The Balaban J connectivity index is 2.81. The number of amides is 1. The number of nitrogens with zero attached hydrogens (tertiary/aromatic N) is 1. The number of anilines is 1. The van der Waals surface area contributed by atoms with Crippen LogP contribution in [0.2, 0.25) is 0 Å². The predicted molar refractivity (Wildman–Crippen MR) is 76.2 cm³/mol. The molecule has 1 rings (SSSR count). The molecule has 4 N–H and O–H groups in total. The monoisotopic (exact) mass is 263 g/mol. The number of nitrogens with one attached hydrogen (secondary N) is 1. The summed E-state index contributed by atoms with van der Waals surface area (Å²) in [5.41, 5.74) is 7.47. The zero-order valence-corrected chi connectivity index (χ0v) is 11.6. The van der Waals surface area contributed by atoms with E-state index < -0.39 is 5.92 Å². The summed E-state index contributed by atoms with van der Waals surface area (Å²) in [6.45, 7) is 5.77. The van der Waals surface area contributed by atoms with Crippen molar-refractivity contribution in [3.8, 4) is 0 Å². The number of oxime groups is 1. The molecule has 1 unspecified atom stereocenters. The molecular weight excluding hydrogens is 242 g/mol. The summed E-state index contributed by atoms with van der Waals surface area (Å²) < 4.78 is 0. The fraction of sp³-hybridized carbons (Fsp3) is 0.429. The molecule has 1 amide bonds. The number of amidine groups is 1. The fourth-order valence-electron chi connectivity index (χ4n) is 1.88. The normalized spacial score (nSPS) is 13.4. The van der Waals surface area contributed by atoms with Crippen LogP contribution in [0.1, 0.15) is 26.3 Å². The van der Waals surface area contributed by atoms with E-state index in [4.69, 9.17) is 10.9 Å². The van der Waals surface area contributed by atoms with E-state index in [2.05, 4.69) is 17.4 Å². The van der Waals surface area contributed by atoms with Gasteiger partial charge in [0.2, 0.25) is 5.91 Å². The van der Waals surface area contributed by atoms with Gasteiger partial charge in [0, 0.05) is 5.69 Å². The Morgan fingerprint density at radius 3 is 2.37 bits per heavy atom. The fourth-order valence-corrected chi connectivity index (χ4v) is 1.88. The van der Waals surface area contributed by atoms with Crippen LogP contribution in [0, 0.1) is 11.8 Å². The SMILES string of the molecule is CCc1ccc(NC(=O)C(C(N)=NO)C(C)C)cc1. The highest BCUT2D eigenvalue weighted by molar-refractivity contribution is 6.07. The molecule has 0 aliphatic rings. The van der Waals surface area contributed by atoms with Gasteiger partial charge < -0.3 is 16.3 Å². The van der Waals surface area contributed by atoms with Gasteiger partial charge >= 0.3 is 0 Å². The Hall–Kier alpha value is -2.04. The second-order valence-electron chi connectivity index (χ2n) is 4.79. The maximum atomic E-state index is 12.1. The highest BCUT2D eigenvalue weighted by atomic mass is 16.4. The molecule has 1 atom stereocenters. The molecule has 5 nitrogen and oxygen atoms in total. The highest BCUT2D eigenvalue weighted by Crippen LogP contribution is 2.16. The quantitative estimate of drug-likeness (QED) is 0.329. The Morgan fingerprint density at radius 2 is 1.95 bits per heavy atom. The molecule has 0 saturated carbocycles. The van der Waals surface area contributed by atoms with Gasteiger partial charge in [0.15, 0.2) is 5.84 Å².